The summed E-state index contributed by atoms with van der Waals surface area (Å²) in [5.41, 5.74) is 0.172. The Bertz CT molecular complexity index is 552. The number of aliphatic hydroxyl groups is 1. The van der Waals surface area contributed by atoms with Crippen molar-refractivity contribution in [3.63, 3.8) is 0 Å². The van der Waals surface area contributed by atoms with Gasteiger partial charge in [-0.25, -0.2) is 4.79 Å². The number of carbonyl (C=O) groups is 2. The van der Waals surface area contributed by atoms with Gasteiger partial charge in [0.2, 0.25) is 5.91 Å². The highest BCUT2D eigenvalue weighted by Gasteiger charge is 2.24. The van der Waals surface area contributed by atoms with Gasteiger partial charge in [0.1, 0.15) is 24.0 Å². The van der Waals surface area contributed by atoms with Crippen LogP contribution in [0.4, 0.5) is 5.69 Å². The molecule has 1 atom stereocenters. The second kappa shape index (κ2) is 6.10. The van der Waals surface area contributed by atoms with Gasteiger partial charge >= 0.3 is 11.7 Å². The Kier molecular flexibility index (Phi) is 4.75. The predicted molar refractivity (Wildman–Crippen MR) is 65.0 cm³/mol. The Hall–Kier alpha value is -2.49. The van der Waals surface area contributed by atoms with Gasteiger partial charge in [0.15, 0.2) is 0 Å². The number of carbonyl (C=O) groups excluding carboxylic acids is 1. The number of rotatable bonds is 6. The number of hydrogen-bond acceptors (Lipinski definition) is 6. The van der Waals surface area contributed by atoms with Gasteiger partial charge in [-0.3, -0.25) is 19.6 Å². The van der Waals surface area contributed by atoms with E-state index in [-0.39, 0.29) is 23.6 Å². The highest BCUT2D eigenvalue weighted by molar-refractivity contribution is 5.83. The molecular weight excluding hydrogens is 272 g/mol. The monoisotopic (exact) mass is 286 g/mol. The maximum atomic E-state index is 11.6. The number of nitro groups is 1. The third kappa shape index (κ3) is 3.29. The number of nitrogens with one attached hydrogen (secondary N) is 1. The maximum Gasteiger partial charge on any atom is 0.328 e. The summed E-state index contributed by atoms with van der Waals surface area (Å²) in [4.78, 5) is 32.5. The fraction of sp³-hybridized carbons (Fsp3) is 0.500. The first kappa shape index (κ1) is 15.6. The van der Waals surface area contributed by atoms with Crippen molar-refractivity contribution in [3.05, 3.63) is 21.5 Å². The molecule has 110 valence electrons. The second-order valence-electron chi connectivity index (χ2n) is 4.08. The van der Waals surface area contributed by atoms with Crippen LogP contribution in [0.3, 0.4) is 0 Å². The van der Waals surface area contributed by atoms with Crippen molar-refractivity contribution >= 4 is 17.6 Å². The average molecular weight is 286 g/mol. The molecule has 1 aromatic rings. The van der Waals surface area contributed by atoms with Crippen LogP contribution in [-0.2, 0) is 16.1 Å². The van der Waals surface area contributed by atoms with Crippen LogP contribution in [0.5, 0.6) is 0 Å². The van der Waals surface area contributed by atoms with Gasteiger partial charge in [-0.1, -0.05) is 0 Å². The van der Waals surface area contributed by atoms with E-state index in [1.807, 2.05) is 0 Å². The van der Waals surface area contributed by atoms with Gasteiger partial charge in [-0.15, -0.1) is 0 Å². The van der Waals surface area contributed by atoms with Crippen LogP contribution < -0.4 is 5.32 Å². The van der Waals surface area contributed by atoms with E-state index in [0.717, 1.165) is 4.68 Å². The van der Waals surface area contributed by atoms with E-state index in [9.17, 15) is 19.7 Å². The lowest BCUT2D eigenvalue weighted by Gasteiger charge is -2.11. The Labute approximate surface area is 113 Å². The summed E-state index contributed by atoms with van der Waals surface area (Å²) in [5.74, 6) is -2.09. The van der Waals surface area contributed by atoms with Crippen molar-refractivity contribution in [3.8, 4) is 0 Å². The Morgan fingerprint density at radius 1 is 1.50 bits per heavy atom. The molecule has 10 nitrogen and oxygen atoms in total. The van der Waals surface area contributed by atoms with Gasteiger partial charge in [0.05, 0.1) is 11.5 Å². The molecule has 1 aromatic heterocycles. The SMILES string of the molecule is Cc1nn(CC(=O)N[C@H](CO)C(=O)O)c(C)c1[N+](=O)[O-]. The molecule has 20 heavy (non-hydrogen) atoms. The number of aromatic nitrogens is 2. The summed E-state index contributed by atoms with van der Waals surface area (Å²) >= 11 is 0. The summed E-state index contributed by atoms with van der Waals surface area (Å²) in [7, 11) is 0. The van der Waals surface area contributed by atoms with E-state index in [1.165, 1.54) is 13.8 Å². The molecule has 0 aromatic carbocycles. The molecule has 0 unspecified atom stereocenters. The Morgan fingerprint density at radius 3 is 2.50 bits per heavy atom. The third-order valence-corrected chi connectivity index (χ3v) is 2.64. The fourth-order valence-corrected chi connectivity index (χ4v) is 1.67. The summed E-state index contributed by atoms with van der Waals surface area (Å²) in [6.07, 6.45) is 0. The van der Waals surface area contributed by atoms with Crippen LogP contribution in [-0.4, -0.2) is 49.4 Å². The molecule has 0 aliphatic carbocycles. The van der Waals surface area contributed by atoms with E-state index in [1.54, 1.807) is 0 Å². The standard InChI is InChI=1S/C10H14N4O6/c1-5-9(14(19)20)6(2)13(12-5)3-8(16)11-7(4-15)10(17)18/h7,15H,3-4H2,1-2H3,(H,11,16)(H,17,18)/t7-/m1/s1. The molecular formula is C10H14N4O6. The number of amides is 1. The minimum Gasteiger partial charge on any atom is -0.480 e. The van der Waals surface area contributed by atoms with E-state index in [4.69, 9.17) is 10.2 Å². The fourth-order valence-electron chi connectivity index (χ4n) is 1.67. The van der Waals surface area contributed by atoms with Crippen LogP contribution >= 0.6 is 0 Å². The number of aryl methyl sites for hydroxylation is 1. The van der Waals surface area contributed by atoms with Crippen LogP contribution in [0, 0.1) is 24.0 Å². The number of aliphatic carboxylic acids is 1. The lowest BCUT2D eigenvalue weighted by molar-refractivity contribution is -0.386. The van der Waals surface area contributed by atoms with Crippen molar-refractivity contribution in [1.29, 1.82) is 0 Å². The van der Waals surface area contributed by atoms with E-state index < -0.39 is 29.4 Å². The summed E-state index contributed by atoms with van der Waals surface area (Å²) in [6.45, 7) is 1.75. The van der Waals surface area contributed by atoms with Gasteiger partial charge in [-0.05, 0) is 13.8 Å². The zero-order valence-corrected chi connectivity index (χ0v) is 10.9. The molecule has 1 rings (SSSR count). The van der Waals surface area contributed by atoms with Crippen LogP contribution in [0.15, 0.2) is 0 Å². The summed E-state index contributed by atoms with van der Waals surface area (Å²) in [5, 5.41) is 34.2. The molecule has 0 saturated heterocycles. The summed E-state index contributed by atoms with van der Waals surface area (Å²) in [6, 6.07) is -1.42. The predicted octanol–water partition coefficient (Wildman–Crippen LogP) is -1.03. The van der Waals surface area contributed by atoms with E-state index in [0.29, 0.717) is 0 Å². The highest BCUT2D eigenvalue weighted by atomic mass is 16.6. The zero-order chi connectivity index (χ0) is 15.4. The van der Waals surface area contributed by atoms with Gasteiger partial charge < -0.3 is 15.5 Å². The lowest BCUT2D eigenvalue weighted by atomic mass is 10.3. The largest absolute Gasteiger partial charge is 0.480 e. The normalized spacial score (nSPS) is 11.9. The van der Waals surface area contributed by atoms with Crippen molar-refractivity contribution in [2.75, 3.05) is 6.61 Å². The van der Waals surface area contributed by atoms with Crippen LogP contribution in [0.2, 0.25) is 0 Å². The number of carboxylic acids is 1. The Morgan fingerprint density at radius 2 is 2.10 bits per heavy atom. The average Bonchev–Trinajstić information content (AvgIpc) is 2.60. The molecule has 0 saturated carbocycles. The number of aliphatic hydroxyl groups excluding tert-OH is 1. The van der Waals surface area contributed by atoms with Gasteiger partial charge in [-0.2, -0.15) is 5.10 Å². The van der Waals surface area contributed by atoms with E-state index in [2.05, 4.69) is 10.4 Å². The molecule has 1 heterocycles. The number of nitrogens with zero attached hydrogens (tertiary/aromatic N) is 3. The minimum absolute atomic E-state index is 0.164. The molecule has 10 heteroatoms. The molecule has 0 bridgehead atoms. The zero-order valence-electron chi connectivity index (χ0n) is 10.9. The Balaban J connectivity index is 2.84. The van der Waals surface area contributed by atoms with Gasteiger partial charge in [0, 0.05) is 0 Å². The third-order valence-electron chi connectivity index (χ3n) is 2.64. The quantitative estimate of drug-likeness (QED) is 0.447. The topological polar surface area (TPSA) is 148 Å². The molecule has 3 N–H and O–H groups in total. The minimum atomic E-state index is -1.42. The van der Waals surface area contributed by atoms with Crippen LogP contribution in [0.1, 0.15) is 11.4 Å². The van der Waals surface area contributed by atoms with E-state index >= 15 is 0 Å². The number of carboxylic acid groups (broad SMARTS) is 1. The summed E-state index contributed by atoms with van der Waals surface area (Å²) < 4.78 is 1.11. The van der Waals surface area contributed by atoms with Gasteiger partial charge in [0.25, 0.3) is 0 Å². The van der Waals surface area contributed by atoms with Crippen molar-refractivity contribution in [2.24, 2.45) is 0 Å². The van der Waals surface area contributed by atoms with Crippen LogP contribution in [0.25, 0.3) is 0 Å². The molecule has 0 spiro atoms. The molecule has 0 aliphatic rings. The van der Waals surface area contributed by atoms with Crippen molar-refractivity contribution < 1.29 is 24.7 Å². The first-order chi connectivity index (χ1) is 9.27. The smallest absolute Gasteiger partial charge is 0.328 e. The molecule has 0 radical (unpaired) electrons. The first-order valence-corrected chi connectivity index (χ1v) is 5.59. The highest BCUT2D eigenvalue weighted by Crippen LogP contribution is 2.21. The molecule has 1 amide bonds. The second-order valence-corrected chi connectivity index (χ2v) is 4.08. The molecule has 0 aliphatic heterocycles. The van der Waals surface area contributed by atoms with Crippen molar-refractivity contribution in [2.45, 2.75) is 26.4 Å². The lowest BCUT2D eigenvalue weighted by Crippen LogP contribution is -2.44. The molecule has 0 fully saturated rings. The maximum absolute atomic E-state index is 11.6. The number of hydrogen-bond donors (Lipinski definition) is 3. The first-order valence-electron chi connectivity index (χ1n) is 5.59. The van der Waals surface area contributed by atoms with Crippen molar-refractivity contribution in [1.82, 2.24) is 15.1 Å².